The quantitative estimate of drug-likeness (QED) is 0.405. The Kier molecular flexibility index (Phi) is 5.73. The lowest BCUT2D eigenvalue weighted by Crippen LogP contribution is -2.54. The van der Waals surface area contributed by atoms with Crippen LogP contribution in [-0.2, 0) is 9.59 Å². The van der Waals surface area contributed by atoms with Crippen LogP contribution in [0.1, 0.15) is 27.3 Å². The van der Waals surface area contributed by atoms with Gasteiger partial charge in [0.25, 0.3) is 11.8 Å². The molecule has 0 radical (unpaired) electrons. The highest BCUT2D eigenvalue weighted by Gasteiger charge is 2.37. The Balaban J connectivity index is 1.80. The van der Waals surface area contributed by atoms with Gasteiger partial charge in [0.2, 0.25) is 0 Å². The van der Waals surface area contributed by atoms with Gasteiger partial charge in [0.1, 0.15) is 5.57 Å². The topological polar surface area (TPSA) is 109 Å². The molecule has 3 aromatic rings. The summed E-state index contributed by atoms with van der Waals surface area (Å²) in [6, 6.07) is 14.1. The number of para-hydroxylation sites is 1. The second-order valence-electron chi connectivity index (χ2n) is 7.42. The number of urea groups is 1. The fourth-order valence-electron chi connectivity index (χ4n) is 3.82. The van der Waals surface area contributed by atoms with Crippen LogP contribution in [-0.4, -0.2) is 33.5 Å². The van der Waals surface area contributed by atoms with E-state index in [1.807, 2.05) is 0 Å². The van der Waals surface area contributed by atoms with Crippen molar-refractivity contribution >= 4 is 51.5 Å². The number of anilines is 1. The highest BCUT2D eigenvalue weighted by Crippen LogP contribution is 2.28. The number of nitrogens with zero attached hydrogens (tertiary/aromatic N) is 2. The zero-order valence-electron chi connectivity index (χ0n) is 17.6. The number of aromatic nitrogens is 1. The number of halogens is 1. The maximum Gasteiger partial charge on any atom is 0.337 e. The molecule has 1 aromatic heterocycles. The number of carbonyl (C=O) groups is 4. The first-order valence-electron chi connectivity index (χ1n) is 9.87. The molecule has 4 rings (SSSR count). The van der Waals surface area contributed by atoms with E-state index in [1.165, 1.54) is 12.1 Å². The van der Waals surface area contributed by atoms with Crippen molar-refractivity contribution in [3.05, 3.63) is 87.2 Å². The molecule has 2 aromatic carbocycles. The molecule has 0 aliphatic carbocycles. The molecule has 33 heavy (non-hydrogen) atoms. The molecule has 166 valence electrons. The molecule has 0 bridgehead atoms. The summed E-state index contributed by atoms with van der Waals surface area (Å²) in [5.41, 5.74) is 2.60. The second-order valence-corrected chi connectivity index (χ2v) is 8.34. The zero-order chi connectivity index (χ0) is 23.9. The van der Waals surface area contributed by atoms with Crippen molar-refractivity contribution < 1.29 is 24.3 Å². The molecular weight excluding hydrogens is 490 g/mol. The number of barbiturate groups is 1. The molecular formula is C24H18BrN3O5. The number of aromatic carboxylic acids is 1. The molecule has 9 heteroatoms. The van der Waals surface area contributed by atoms with E-state index in [0.29, 0.717) is 27.1 Å². The van der Waals surface area contributed by atoms with Gasteiger partial charge in [-0.05, 0) is 61.9 Å². The first kappa shape index (κ1) is 22.2. The Morgan fingerprint density at radius 3 is 2.45 bits per heavy atom. The molecule has 1 aliphatic rings. The number of aryl methyl sites for hydroxylation is 1. The third-order valence-electron chi connectivity index (χ3n) is 5.31. The van der Waals surface area contributed by atoms with E-state index in [0.717, 1.165) is 10.6 Å². The Morgan fingerprint density at radius 2 is 1.76 bits per heavy atom. The van der Waals surface area contributed by atoms with Crippen molar-refractivity contribution in [2.45, 2.75) is 13.8 Å². The molecule has 8 nitrogen and oxygen atoms in total. The van der Waals surface area contributed by atoms with Crippen molar-refractivity contribution in [1.29, 1.82) is 0 Å². The van der Waals surface area contributed by atoms with E-state index < -0.39 is 23.8 Å². The summed E-state index contributed by atoms with van der Waals surface area (Å²) in [7, 11) is 0. The van der Waals surface area contributed by atoms with Crippen LogP contribution in [0.4, 0.5) is 10.5 Å². The molecule has 1 aliphatic heterocycles. The van der Waals surface area contributed by atoms with E-state index >= 15 is 0 Å². The molecule has 4 amide bonds. The molecule has 0 atom stereocenters. The lowest BCUT2D eigenvalue weighted by Gasteiger charge is -2.26. The van der Waals surface area contributed by atoms with Crippen LogP contribution >= 0.6 is 15.9 Å². The summed E-state index contributed by atoms with van der Waals surface area (Å²) in [5.74, 6) is -2.62. The first-order chi connectivity index (χ1) is 15.7. The molecule has 0 spiro atoms. The monoisotopic (exact) mass is 507 g/mol. The van der Waals surface area contributed by atoms with E-state index in [2.05, 4.69) is 21.2 Å². The number of hydrogen-bond donors (Lipinski definition) is 2. The van der Waals surface area contributed by atoms with Gasteiger partial charge in [-0.3, -0.25) is 14.9 Å². The van der Waals surface area contributed by atoms with Gasteiger partial charge in [-0.25, -0.2) is 14.5 Å². The molecule has 2 heterocycles. The maximum absolute atomic E-state index is 13.2. The lowest BCUT2D eigenvalue weighted by molar-refractivity contribution is -0.122. The Hall–Kier alpha value is -3.98. The van der Waals surface area contributed by atoms with E-state index in [1.54, 1.807) is 66.9 Å². The van der Waals surface area contributed by atoms with Crippen LogP contribution in [0.3, 0.4) is 0 Å². The predicted molar refractivity (Wildman–Crippen MR) is 125 cm³/mol. The number of imide groups is 2. The smallest absolute Gasteiger partial charge is 0.337 e. The van der Waals surface area contributed by atoms with Gasteiger partial charge in [0.05, 0.1) is 16.9 Å². The van der Waals surface area contributed by atoms with Crippen LogP contribution in [0.5, 0.6) is 0 Å². The molecule has 0 saturated carbocycles. The summed E-state index contributed by atoms with van der Waals surface area (Å²) in [4.78, 5) is 50.7. The number of nitrogens with one attached hydrogen (secondary N) is 1. The van der Waals surface area contributed by atoms with Crippen molar-refractivity contribution in [3.63, 3.8) is 0 Å². The molecule has 1 saturated heterocycles. The standard InChI is InChI=1S/C24H18BrN3O5/c1-13-10-15(14(2)27(13)20-9-4-3-8-18(20)23(31)32)11-19-21(29)26-24(33)28(22(19)30)17-7-5-6-16(25)12-17/h3-12H,1-2H3,(H,31,32)(H,26,29,33)/b19-11+. The van der Waals surface area contributed by atoms with Gasteiger partial charge in [0, 0.05) is 15.9 Å². The number of benzene rings is 2. The normalized spacial score (nSPS) is 15.2. The van der Waals surface area contributed by atoms with Crippen molar-refractivity contribution in [2.24, 2.45) is 0 Å². The average molecular weight is 508 g/mol. The summed E-state index contributed by atoms with van der Waals surface area (Å²) in [6.07, 6.45) is 1.41. The summed E-state index contributed by atoms with van der Waals surface area (Å²) < 4.78 is 2.42. The fourth-order valence-corrected chi connectivity index (χ4v) is 4.20. The van der Waals surface area contributed by atoms with Gasteiger partial charge >= 0.3 is 12.0 Å². The Labute approximate surface area is 197 Å². The number of carbonyl (C=O) groups excluding carboxylic acids is 3. The van der Waals surface area contributed by atoms with Crippen molar-refractivity contribution in [3.8, 4) is 5.69 Å². The number of hydrogen-bond acceptors (Lipinski definition) is 4. The highest BCUT2D eigenvalue weighted by atomic mass is 79.9. The number of rotatable bonds is 4. The zero-order valence-corrected chi connectivity index (χ0v) is 19.2. The third-order valence-corrected chi connectivity index (χ3v) is 5.81. The number of carboxylic acid groups (broad SMARTS) is 1. The SMILES string of the molecule is Cc1cc(/C=C2\C(=O)NC(=O)N(c3cccc(Br)c3)C2=O)c(C)n1-c1ccccc1C(=O)O. The van der Waals surface area contributed by atoms with Crippen LogP contribution in [0, 0.1) is 13.8 Å². The minimum Gasteiger partial charge on any atom is -0.478 e. The maximum atomic E-state index is 13.2. The van der Waals surface area contributed by atoms with Crippen molar-refractivity contribution in [2.75, 3.05) is 4.90 Å². The first-order valence-corrected chi connectivity index (χ1v) is 10.7. The van der Waals surface area contributed by atoms with Gasteiger partial charge in [-0.2, -0.15) is 0 Å². The molecule has 0 unspecified atom stereocenters. The van der Waals surface area contributed by atoms with E-state index in [4.69, 9.17) is 0 Å². The number of carboxylic acids is 1. The fraction of sp³-hybridized carbons (Fsp3) is 0.0833. The predicted octanol–water partition coefficient (Wildman–Crippen LogP) is 4.22. The van der Waals surface area contributed by atoms with Crippen LogP contribution in [0.25, 0.3) is 11.8 Å². The summed E-state index contributed by atoms with van der Waals surface area (Å²) in [6.45, 7) is 3.56. The average Bonchev–Trinajstić information content (AvgIpc) is 3.03. The largest absolute Gasteiger partial charge is 0.478 e. The molecule has 1 fully saturated rings. The minimum absolute atomic E-state index is 0.122. The summed E-state index contributed by atoms with van der Waals surface area (Å²) >= 11 is 3.31. The Morgan fingerprint density at radius 1 is 1.03 bits per heavy atom. The van der Waals surface area contributed by atoms with Gasteiger partial charge in [-0.1, -0.05) is 34.1 Å². The van der Waals surface area contributed by atoms with E-state index in [-0.39, 0.29) is 11.1 Å². The van der Waals surface area contributed by atoms with Crippen molar-refractivity contribution in [1.82, 2.24) is 9.88 Å². The second kappa shape index (κ2) is 8.51. The van der Waals surface area contributed by atoms with Gasteiger partial charge in [0.15, 0.2) is 0 Å². The molecule has 2 N–H and O–H groups in total. The highest BCUT2D eigenvalue weighted by molar-refractivity contribution is 9.10. The van der Waals surface area contributed by atoms with Crippen LogP contribution in [0.15, 0.2) is 64.6 Å². The van der Waals surface area contributed by atoms with Gasteiger partial charge in [-0.15, -0.1) is 0 Å². The number of amides is 4. The van der Waals surface area contributed by atoms with E-state index in [9.17, 15) is 24.3 Å². The van der Waals surface area contributed by atoms with Crippen LogP contribution < -0.4 is 10.2 Å². The van der Waals surface area contributed by atoms with Crippen LogP contribution in [0.2, 0.25) is 0 Å². The Bertz CT molecular complexity index is 1370. The summed E-state index contributed by atoms with van der Waals surface area (Å²) in [5, 5.41) is 11.8. The minimum atomic E-state index is -1.07. The lowest BCUT2D eigenvalue weighted by atomic mass is 10.1. The third kappa shape index (κ3) is 3.98. The van der Waals surface area contributed by atoms with Gasteiger partial charge < -0.3 is 9.67 Å².